The molecule has 6 heteroatoms. The molecule has 4 nitrogen and oxygen atoms in total. The molecule has 1 aromatic rings. The summed E-state index contributed by atoms with van der Waals surface area (Å²) < 4.78 is 18.1. The Hall–Kier alpha value is -1.33. The maximum absolute atomic E-state index is 12.9. The standard InChI is InChI=1S/C10H13FN2O2.ClH/c1-13-10(14)8-6-7(11)2-3-9(8)15-5-4-12;/h2-3,6H,4-5,12H2,1H3,(H,13,14);1H. The molecule has 16 heavy (non-hydrogen) atoms. The third-order valence-corrected chi connectivity index (χ3v) is 1.79. The van der Waals surface area contributed by atoms with Crippen LogP contribution in [0.15, 0.2) is 18.2 Å². The van der Waals surface area contributed by atoms with Gasteiger partial charge in [0.1, 0.15) is 18.2 Å². The lowest BCUT2D eigenvalue weighted by Gasteiger charge is -2.09. The Morgan fingerprint density at radius 2 is 2.25 bits per heavy atom. The Morgan fingerprint density at radius 1 is 1.56 bits per heavy atom. The predicted octanol–water partition coefficient (Wildman–Crippen LogP) is 0.945. The first-order valence-corrected chi connectivity index (χ1v) is 4.53. The molecule has 0 heterocycles. The van der Waals surface area contributed by atoms with E-state index in [-0.39, 0.29) is 30.5 Å². The molecule has 0 saturated heterocycles. The van der Waals surface area contributed by atoms with Gasteiger partial charge in [-0.3, -0.25) is 4.79 Å². The van der Waals surface area contributed by atoms with Crippen molar-refractivity contribution in [2.24, 2.45) is 5.73 Å². The first-order chi connectivity index (χ1) is 7.19. The van der Waals surface area contributed by atoms with Gasteiger partial charge in [-0.15, -0.1) is 12.4 Å². The fourth-order valence-electron chi connectivity index (χ4n) is 1.11. The number of rotatable bonds is 4. The molecular weight excluding hydrogens is 235 g/mol. The summed E-state index contributed by atoms with van der Waals surface area (Å²) in [7, 11) is 1.47. The van der Waals surface area contributed by atoms with Crippen LogP contribution in [-0.4, -0.2) is 26.1 Å². The second-order valence-corrected chi connectivity index (χ2v) is 2.86. The third-order valence-electron chi connectivity index (χ3n) is 1.79. The Labute approximate surface area is 99.4 Å². The average Bonchev–Trinajstić information content (AvgIpc) is 2.26. The highest BCUT2D eigenvalue weighted by molar-refractivity contribution is 5.96. The summed E-state index contributed by atoms with van der Waals surface area (Å²) in [6.07, 6.45) is 0. The van der Waals surface area contributed by atoms with Crippen molar-refractivity contribution in [1.82, 2.24) is 5.32 Å². The van der Waals surface area contributed by atoms with Crippen LogP contribution in [-0.2, 0) is 0 Å². The second-order valence-electron chi connectivity index (χ2n) is 2.86. The molecule has 0 aliphatic carbocycles. The molecular formula is C10H14ClFN2O2. The molecule has 0 unspecified atom stereocenters. The summed E-state index contributed by atoms with van der Waals surface area (Å²) in [6, 6.07) is 3.78. The van der Waals surface area contributed by atoms with Crippen molar-refractivity contribution >= 4 is 18.3 Å². The second kappa shape index (κ2) is 7.03. The molecule has 0 aliphatic heterocycles. The monoisotopic (exact) mass is 248 g/mol. The highest BCUT2D eigenvalue weighted by atomic mass is 35.5. The molecule has 3 N–H and O–H groups in total. The zero-order valence-electron chi connectivity index (χ0n) is 8.83. The molecule has 1 aromatic carbocycles. The number of hydrogen-bond donors (Lipinski definition) is 2. The van der Waals surface area contributed by atoms with Gasteiger partial charge in [0, 0.05) is 13.6 Å². The number of ether oxygens (including phenoxy) is 1. The van der Waals surface area contributed by atoms with Crippen LogP contribution < -0.4 is 15.8 Å². The third kappa shape index (κ3) is 3.67. The van der Waals surface area contributed by atoms with Crippen molar-refractivity contribution < 1.29 is 13.9 Å². The number of amides is 1. The van der Waals surface area contributed by atoms with E-state index in [9.17, 15) is 9.18 Å². The Balaban J connectivity index is 0.00000225. The molecule has 1 amide bonds. The lowest BCUT2D eigenvalue weighted by molar-refractivity contribution is 0.0958. The summed E-state index contributed by atoms with van der Waals surface area (Å²) in [5.74, 6) is -0.531. The fraction of sp³-hybridized carbons (Fsp3) is 0.300. The van der Waals surface area contributed by atoms with Gasteiger partial charge in [0.15, 0.2) is 0 Å². The van der Waals surface area contributed by atoms with Crippen molar-refractivity contribution in [2.45, 2.75) is 0 Å². The summed E-state index contributed by atoms with van der Waals surface area (Å²) >= 11 is 0. The van der Waals surface area contributed by atoms with Gasteiger partial charge >= 0.3 is 0 Å². The normalized spacial score (nSPS) is 9.19. The highest BCUT2D eigenvalue weighted by Crippen LogP contribution is 2.19. The molecule has 90 valence electrons. The first kappa shape index (κ1) is 14.7. The van der Waals surface area contributed by atoms with Crippen LogP contribution in [0.3, 0.4) is 0 Å². The topological polar surface area (TPSA) is 64.3 Å². The molecule has 0 spiro atoms. The minimum atomic E-state index is -0.478. The summed E-state index contributed by atoms with van der Waals surface area (Å²) in [5.41, 5.74) is 5.44. The van der Waals surface area contributed by atoms with Crippen LogP contribution in [0.1, 0.15) is 10.4 Å². The van der Waals surface area contributed by atoms with Crippen LogP contribution in [0.5, 0.6) is 5.75 Å². The largest absolute Gasteiger partial charge is 0.491 e. The number of nitrogens with one attached hydrogen (secondary N) is 1. The predicted molar refractivity (Wildman–Crippen MR) is 61.6 cm³/mol. The first-order valence-electron chi connectivity index (χ1n) is 4.53. The summed E-state index contributed by atoms with van der Waals surface area (Å²) in [5, 5.41) is 2.41. The Bertz CT molecular complexity index is 361. The van der Waals surface area contributed by atoms with Crippen LogP contribution in [0.4, 0.5) is 4.39 Å². The van der Waals surface area contributed by atoms with Crippen molar-refractivity contribution in [3.63, 3.8) is 0 Å². The zero-order chi connectivity index (χ0) is 11.3. The summed E-state index contributed by atoms with van der Waals surface area (Å²) in [6.45, 7) is 0.625. The van der Waals surface area contributed by atoms with Gasteiger partial charge in [-0.2, -0.15) is 0 Å². The van der Waals surface area contributed by atoms with E-state index in [1.165, 1.54) is 19.2 Å². The molecule has 0 aliphatic rings. The van der Waals surface area contributed by atoms with E-state index in [0.29, 0.717) is 12.3 Å². The van der Waals surface area contributed by atoms with E-state index >= 15 is 0 Å². The van der Waals surface area contributed by atoms with Crippen LogP contribution in [0, 0.1) is 5.82 Å². The lowest BCUT2D eigenvalue weighted by atomic mass is 10.2. The molecule has 0 saturated carbocycles. The van der Waals surface area contributed by atoms with Crippen molar-refractivity contribution in [3.8, 4) is 5.75 Å². The van der Waals surface area contributed by atoms with Gasteiger partial charge < -0.3 is 15.8 Å². The smallest absolute Gasteiger partial charge is 0.254 e. The maximum Gasteiger partial charge on any atom is 0.254 e. The van der Waals surface area contributed by atoms with E-state index in [0.717, 1.165) is 6.07 Å². The molecule has 0 fully saturated rings. The molecule has 0 radical (unpaired) electrons. The van der Waals surface area contributed by atoms with Crippen LogP contribution in [0.25, 0.3) is 0 Å². The molecule has 1 rings (SSSR count). The lowest BCUT2D eigenvalue weighted by Crippen LogP contribution is -2.20. The Kier molecular flexibility index (Phi) is 6.44. The number of benzene rings is 1. The van der Waals surface area contributed by atoms with Gasteiger partial charge in [-0.1, -0.05) is 0 Å². The average molecular weight is 249 g/mol. The van der Waals surface area contributed by atoms with E-state index in [2.05, 4.69) is 5.32 Å². The zero-order valence-corrected chi connectivity index (χ0v) is 9.64. The molecule has 0 aromatic heterocycles. The van der Waals surface area contributed by atoms with E-state index in [1.54, 1.807) is 0 Å². The number of carbonyl (C=O) groups excluding carboxylic acids is 1. The quantitative estimate of drug-likeness (QED) is 0.834. The van der Waals surface area contributed by atoms with Crippen molar-refractivity contribution in [1.29, 1.82) is 0 Å². The van der Waals surface area contributed by atoms with Crippen molar-refractivity contribution in [2.75, 3.05) is 20.2 Å². The van der Waals surface area contributed by atoms with E-state index in [4.69, 9.17) is 10.5 Å². The number of halogens is 2. The number of carbonyl (C=O) groups is 1. The van der Waals surface area contributed by atoms with E-state index < -0.39 is 5.82 Å². The fourth-order valence-corrected chi connectivity index (χ4v) is 1.11. The maximum atomic E-state index is 12.9. The van der Waals surface area contributed by atoms with Gasteiger partial charge in [0.05, 0.1) is 5.56 Å². The van der Waals surface area contributed by atoms with Crippen LogP contribution >= 0.6 is 12.4 Å². The SMILES string of the molecule is CNC(=O)c1cc(F)ccc1OCCN.Cl. The van der Waals surface area contributed by atoms with Gasteiger partial charge in [-0.25, -0.2) is 4.39 Å². The van der Waals surface area contributed by atoms with Gasteiger partial charge in [-0.05, 0) is 18.2 Å². The number of hydrogen-bond acceptors (Lipinski definition) is 3. The van der Waals surface area contributed by atoms with Gasteiger partial charge in [0.2, 0.25) is 0 Å². The van der Waals surface area contributed by atoms with Crippen LogP contribution in [0.2, 0.25) is 0 Å². The minimum Gasteiger partial charge on any atom is -0.491 e. The minimum absolute atomic E-state index is 0. The van der Waals surface area contributed by atoms with Crippen molar-refractivity contribution in [3.05, 3.63) is 29.6 Å². The Morgan fingerprint density at radius 3 is 2.81 bits per heavy atom. The van der Waals surface area contributed by atoms with E-state index in [1.807, 2.05) is 0 Å². The highest BCUT2D eigenvalue weighted by Gasteiger charge is 2.11. The molecule has 0 atom stereocenters. The molecule has 0 bridgehead atoms. The van der Waals surface area contributed by atoms with Gasteiger partial charge in [0.25, 0.3) is 5.91 Å². The number of nitrogens with two attached hydrogens (primary N) is 1. The summed E-state index contributed by atoms with van der Waals surface area (Å²) in [4.78, 5) is 11.4.